The lowest BCUT2D eigenvalue weighted by molar-refractivity contribution is -0.116. The predicted octanol–water partition coefficient (Wildman–Crippen LogP) is 5.81. The molecular formula is C17H17Cl2NOS. The average Bonchev–Trinajstić information content (AvgIpc) is 2.50. The van der Waals surface area contributed by atoms with Crippen LogP contribution in [0.15, 0.2) is 47.4 Å². The fraction of sp³-hybridized carbons (Fsp3) is 0.235. The molecule has 0 radical (unpaired) electrons. The van der Waals surface area contributed by atoms with Crippen LogP contribution in [0, 0.1) is 6.92 Å². The summed E-state index contributed by atoms with van der Waals surface area (Å²) in [5.74, 6) is 0.908. The molecule has 0 aromatic heterocycles. The van der Waals surface area contributed by atoms with Crippen molar-refractivity contribution in [1.29, 1.82) is 0 Å². The standard InChI is InChI=1S/C17H17Cl2NOS/c1-12-15(19)4-2-5-16(12)20-17(21)6-3-11-22-14-9-7-13(18)8-10-14/h2,4-5,7-10H,3,6,11H2,1H3,(H,20,21). The van der Waals surface area contributed by atoms with Gasteiger partial charge in [-0.2, -0.15) is 0 Å². The largest absolute Gasteiger partial charge is 0.326 e. The van der Waals surface area contributed by atoms with Crippen LogP contribution in [0.25, 0.3) is 0 Å². The summed E-state index contributed by atoms with van der Waals surface area (Å²) in [4.78, 5) is 13.1. The van der Waals surface area contributed by atoms with E-state index in [4.69, 9.17) is 23.2 Å². The number of anilines is 1. The van der Waals surface area contributed by atoms with E-state index in [1.165, 1.54) is 0 Å². The first-order valence-electron chi connectivity index (χ1n) is 6.99. The number of halogens is 2. The summed E-state index contributed by atoms with van der Waals surface area (Å²) in [6.45, 7) is 1.90. The molecule has 0 spiro atoms. The summed E-state index contributed by atoms with van der Waals surface area (Å²) >= 11 is 13.6. The number of rotatable bonds is 6. The molecule has 2 rings (SSSR count). The second kappa shape index (κ2) is 8.47. The van der Waals surface area contributed by atoms with Gasteiger partial charge in [-0.25, -0.2) is 0 Å². The van der Waals surface area contributed by atoms with Crippen molar-refractivity contribution in [2.24, 2.45) is 0 Å². The minimum Gasteiger partial charge on any atom is -0.326 e. The number of nitrogens with one attached hydrogen (secondary N) is 1. The maximum absolute atomic E-state index is 12.0. The van der Waals surface area contributed by atoms with Crippen LogP contribution in [0.2, 0.25) is 10.0 Å². The van der Waals surface area contributed by atoms with Gasteiger partial charge >= 0.3 is 0 Å². The molecule has 0 saturated heterocycles. The highest BCUT2D eigenvalue weighted by Gasteiger charge is 2.06. The second-order valence-corrected chi connectivity index (χ2v) is 6.88. The van der Waals surface area contributed by atoms with E-state index in [1.807, 2.05) is 49.4 Å². The van der Waals surface area contributed by atoms with Gasteiger partial charge in [-0.1, -0.05) is 29.3 Å². The molecule has 0 unspecified atom stereocenters. The van der Waals surface area contributed by atoms with Crippen LogP contribution in [0.1, 0.15) is 18.4 Å². The number of carbonyl (C=O) groups is 1. The Labute approximate surface area is 145 Å². The van der Waals surface area contributed by atoms with Crippen LogP contribution in [0.5, 0.6) is 0 Å². The summed E-state index contributed by atoms with van der Waals surface area (Å²) in [5, 5.41) is 4.31. The van der Waals surface area contributed by atoms with Crippen molar-refractivity contribution in [1.82, 2.24) is 0 Å². The van der Waals surface area contributed by atoms with Gasteiger partial charge in [0.15, 0.2) is 0 Å². The lowest BCUT2D eigenvalue weighted by Gasteiger charge is -2.09. The number of amides is 1. The average molecular weight is 354 g/mol. The second-order valence-electron chi connectivity index (χ2n) is 4.87. The van der Waals surface area contributed by atoms with Crippen LogP contribution in [-0.4, -0.2) is 11.7 Å². The van der Waals surface area contributed by atoms with Gasteiger partial charge in [0.05, 0.1) is 0 Å². The van der Waals surface area contributed by atoms with Crippen LogP contribution < -0.4 is 5.32 Å². The zero-order chi connectivity index (χ0) is 15.9. The number of hydrogen-bond donors (Lipinski definition) is 1. The van der Waals surface area contributed by atoms with Gasteiger partial charge in [-0.3, -0.25) is 4.79 Å². The van der Waals surface area contributed by atoms with E-state index in [0.29, 0.717) is 11.4 Å². The summed E-state index contributed by atoms with van der Waals surface area (Å²) < 4.78 is 0. The van der Waals surface area contributed by atoms with E-state index >= 15 is 0 Å². The van der Waals surface area contributed by atoms with Gasteiger partial charge in [-0.05, 0) is 61.1 Å². The van der Waals surface area contributed by atoms with E-state index in [-0.39, 0.29) is 5.91 Å². The third-order valence-corrected chi connectivity index (χ3v) is 4.93. The van der Waals surface area contributed by atoms with Crippen molar-refractivity contribution in [3.05, 3.63) is 58.1 Å². The number of benzene rings is 2. The first-order chi connectivity index (χ1) is 10.6. The molecule has 5 heteroatoms. The Morgan fingerprint density at radius 2 is 1.86 bits per heavy atom. The minimum absolute atomic E-state index is 0.0158. The fourth-order valence-electron chi connectivity index (χ4n) is 1.91. The Kier molecular flexibility index (Phi) is 6.62. The van der Waals surface area contributed by atoms with Crippen molar-refractivity contribution < 1.29 is 4.79 Å². The normalized spacial score (nSPS) is 10.5. The highest BCUT2D eigenvalue weighted by Crippen LogP contribution is 2.24. The van der Waals surface area contributed by atoms with Crippen molar-refractivity contribution in [2.75, 3.05) is 11.1 Å². The van der Waals surface area contributed by atoms with Crippen LogP contribution in [-0.2, 0) is 4.79 Å². The van der Waals surface area contributed by atoms with Crippen LogP contribution in [0.4, 0.5) is 5.69 Å². The third-order valence-electron chi connectivity index (χ3n) is 3.17. The zero-order valence-corrected chi connectivity index (χ0v) is 14.6. The predicted molar refractivity (Wildman–Crippen MR) is 96.2 cm³/mol. The van der Waals surface area contributed by atoms with Crippen molar-refractivity contribution in [2.45, 2.75) is 24.7 Å². The Morgan fingerprint density at radius 1 is 1.14 bits per heavy atom. The minimum atomic E-state index is 0.0158. The van der Waals surface area contributed by atoms with E-state index in [2.05, 4.69) is 5.32 Å². The Bertz CT molecular complexity index is 644. The molecule has 0 atom stereocenters. The molecule has 0 aliphatic carbocycles. The Hall–Kier alpha value is -1.16. The van der Waals surface area contributed by atoms with Gasteiger partial charge in [0.25, 0.3) is 0 Å². The first-order valence-corrected chi connectivity index (χ1v) is 8.74. The van der Waals surface area contributed by atoms with E-state index in [0.717, 1.165) is 33.3 Å². The summed E-state index contributed by atoms with van der Waals surface area (Å²) in [5.41, 5.74) is 1.68. The smallest absolute Gasteiger partial charge is 0.224 e. The Morgan fingerprint density at radius 3 is 2.59 bits per heavy atom. The van der Waals surface area contributed by atoms with Gasteiger partial charge in [0.1, 0.15) is 0 Å². The van der Waals surface area contributed by atoms with Crippen LogP contribution >= 0.6 is 35.0 Å². The maximum atomic E-state index is 12.0. The monoisotopic (exact) mass is 353 g/mol. The maximum Gasteiger partial charge on any atom is 0.224 e. The molecule has 2 aromatic rings. The number of hydrogen-bond acceptors (Lipinski definition) is 2. The topological polar surface area (TPSA) is 29.1 Å². The van der Waals surface area contributed by atoms with Gasteiger partial charge < -0.3 is 5.32 Å². The molecule has 1 amide bonds. The fourth-order valence-corrected chi connectivity index (χ4v) is 3.06. The molecule has 0 aliphatic rings. The Balaban J connectivity index is 1.74. The summed E-state index contributed by atoms with van der Waals surface area (Å²) in [6, 6.07) is 13.2. The highest BCUT2D eigenvalue weighted by molar-refractivity contribution is 7.99. The highest BCUT2D eigenvalue weighted by atomic mass is 35.5. The van der Waals surface area contributed by atoms with E-state index in [9.17, 15) is 4.79 Å². The molecular weight excluding hydrogens is 337 g/mol. The van der Waals surface area contributed by atoms with Crippen molar-refractivity contribution in [3.63, 3.8) is 0 Å². The lowest BCUT2D eigenvalue weighted by Crippen LogP contribution is -2.12. The third kappa shape index (κ3) is 5.24. The zero-order valence-electron chi connectivity index (χ0n) is 12.2. The van der Waals surface area contributed by atoms with Gasteiger partial charge in [0.2, 0.25) is 5.91 Å². The lowest BCUT2D eigenvalue weighted by atomic mass is 10.2. The number of carbonyl (C=O) groups excluding carboxylic acids is 1. The molecule has 1 N–H and O–H groups in total. The van der Waals surface area contributed by atoms with Gasteiger partial charge in [0, 0.05) is 27.0 Å². The first kappa shape index (κ1) is 17.2. The summed E-state index contributed by atoms with van der Waals surface area (Å²) in [7, 11) is 0. The molecule has 2 nitrogen and oxygen atoms in total. The molecule has 0 bridgehead atoms. The molecule has 22 heavy (non-hydrogen) atoms. The van der Waals surface area contributed by atoms with E-state index < -0.39 is 0 Å². The molecule has 0 heterocycles. The van der Waals surface area contributed by atoms with Crippen molar-refractivity contribution >= 4 is 46.6 Å². The number of thioether (sulfide) groups is 1. The SMILES string of the molecule is Cc1c(Cl)cccc1NC(=O)CCCSc1ccc(Cl)cc1. The molecule has 0 aliphatic heterocycles. The quantitative estimate of drug-likeness (QED) is 0.524. The summed E-state index contributed by atoms with van der Waals surface area (Å²) in [6.07, 6.45) is 1.31. The molecule has 0 saturated carbocycles. The van der Waals surface area contributed by atoms with Crippen molar-refractivity contribution in [3.8, 4) is 0 Å². The molecule has 116 valence electrons. The van der Waals surface area contributed by atoms with Crippen LogP contribution in [0.3, 0.4) is 0 Å². The molecule has 2 aromatic carbocycles. The molecule has 0 fully saturated rings. The van der Waals surface area contributed by atoms with E-state index in [1.54, 1.807) is 11.8 Å². The van der Waals surface area contributed by atoms with Gasteiger partial charge in [-0.15, -0.1) is 11.8 Å².